The van der Waals surface area contributed by atoms with Crippen LogP contribution in [0.4, 0.5) is 10.1 Å². The highest BCUT2D eigenvalue weighted by molar-refractivity contribution is 9.10. The number of fused-ring (bicyclic) bond motifs is 1. The molecule has 1 amide bonds. The van der Waals surface area contributed by atoms with E-state index in [-0.39, 0.29) is 17.0 Å². The highest BCUT2D eigenvalue weighted by atomic mass is 79.9. The lowest BCUT2D eigenvalue weighted by Crippen LogP contribution is -2.25. The van der Waals surface area contributed by atoms with Crippen LogP contribution in [0.5, 0.6) is 5.75 Å². The van der Waals surface area contributed by atoms with Crippen molar-refractivity contribution in [3.05, 3.63) is 57.8 Å². The van der Waals surface area contributed by atoms with Crippen LogP contribution in [0.25, 0.3) is 0 Å². The summed E-state index contributed by atoms with van der Waals surface area (Å²) >= 11 is 3.09. The summed E-state index contributed by atoms with van der Waals surface area (Å²) in [5.41, 5.74) is 1.65. The van der Waals surface area contributed by atoms with Crippen LogP contribution < -0.4 is 10.1 Å². The number of amides is 1. The van der Waals surface area contributed by atoms with Gasteiger partial charge in [-0.3, -0.25) is 4.79 Å². The second-order valence-corrected chi connectivity index (χ2v) is 5.52. The third-order valence-corrected chi connectivity index (χ3v) is 3.82. The third kappa shape index (κ3) is 2.77. The molecule has 1 atom stereocenters. The molecule has 108 valence electrons. The summed E-state index contributed by atoms with van der Waals surface area (Å²) in [4.78, 5) is 11.3. The Bertz CT molecular complexity index is 720. The van der Waals surface area contributed by atoms with Crippen LogP contribution >= 0.6 is 15.9 Å². The summed E-state index contributed by atoms with van der Waals surface area (Å²) in [6.45, 7) is -0.0141. The lowest BCUT2D eigenvalue weighted by atomic mass is 10.0. The van der Waals surface area contributed by atoms with Crippen molar-refractivity contribution in [1.29, 1.82) is 0 Å². The number of halogens is 2. The van der Waals surface area contributed by atoms with Gasteiger partial charge in [0.1, 0.15) is 17.7 Å². The molecule has 0 aromatic heterocycles. The molecule has 1 unspecified atom stereocenters. The minimum atomic E-state index is -0.925. The van der Waals surface area contributed by atoms with Crippen LogP contribution in [0.3, 0.4) is 0 Å². The largest absolute Gasteiger partial charge is 0.482 e. The molecule has 0 radical (unpaired) electrons. The normalized spacial score (nSPS) is 14.9. The van der Waals surface area contributed by atoms with Crippen molar-refractivity contribution in [2.75, 3.05) is 11.9 Å². The van der Waals surface area contributed by atoms with Crippen molar-refractivity contribution >= 4 is 27.5 Å². The third-order valence-electron chi connectivity index (χ3n) is 3.21. The second kappa shape index (κ2) is 5.46. The fourth-order valence-corrected chi connectivity index (χ4v) is 2.54. The molecule has 21 heavy (non-hydrogen) atoms. The highest BCUT2D eigenvalue weighted by Crippen LogP contribution is 2.33. The van der Waals surface area contributed by atoms with Gasteiger partial charge in [-0.25, -0.2) is 4.39 Å². The fourth-order valence-electron chi connectivity index (χ4n) is 2.15. The second-order valence-electron chi connectivity index (χ2n) is 4.67. The van der Waals surface area contributed by atoms with Crippen molar-refractivity contribution in [2.24, 2.45) is 0 Å². The van der Waals surface area contributed by atoms with Crippen molar-refractivity contribution in [3.63, 3.8) is 0 Å². The van der Waals surface area contributed by atoms with Crippen molar-refractivity contribution < 1.29 is 19.0 Å². The van der Waals surface area contributed by atoms with Crippen LogP contribution in [0.15, 0.2) is 40.9 Å². The average molecular weight is 352 g/mol. The van der Waals surface area contributed by atoms with E-state index in [0.29, 0.717) is 22.6 Å². The molecule has 4 nitrogen and oxygen atoms in total. The zero-order valence-corrected chi connectivity index (χ0v) is 12.4. The molecule has 0 fully saturated rings. The molecule has 0 aliphatic carbocycles. The Morgan fingerprint density at radius 1 is 1.24 bits per heavy atom. The molecule has 1 aliphatic heterocycles. The Morgan fingerprint density at radius 3 is 2.71 bits per heavy atom. The molecule has 6 heteroatoms. The quantitative estimate of drug-likeness (QED) is 0.874. The van der Waals surface area contributed by atoms with Crippen molar-refractivity contribution in [1.82, 2.24) is 0 Å². The summed E-state index contributed by atoms with van der Waals surface area (Å²) in [6.07, 6.45) is -0.925. The van der Waals surface area contributed by atoms with E-state index >= 15 is 0 Å². The molecule has 2 N–H and O–H groups in total. The molecule has 2 aromatic rings. The van der Waals surface area contributed by atoms with Gasteiger partial charge >= 0.3 is 0 Å². The van der Waals surface area contributed by atoms with Gasteiger partial charge in [0.25, 0.3) is 5.91 Å². The van der Waals surface area contributed by atoms with E-state index in [1.807, 2.05) is 0 Å². The maximum atomic E-state index is 13.2. The van der Waals surface area contributed by atoms with Gasteiger partial charge in [-0.05, 0) is 51.3 Å². The first kappa shape index (κ1) is 14.0. The van der Waals surface area contributed by atoms with E-state index < -0.39 is 11.9 Å². The SMILES string of the molecule is O=C1COc2ccc(C(O)c3ccc(F)c(Br)c3)cc2N1. The standard InChI is InChI=1S/C15H11BrFNO3/c16-10-5-8(1-3-11(10)17)15(20)9-2-4-13-12(6-9)18-14(19)7-21-13/h1-6,15,20H,7H2,(H,18,19). The summed E-state index contributed by atoms with van der Waals surface area (Å²) in [6, 6.07) is 9.36. The first-order valence-electron chi connectivity index (χ1n) is 6.24. The maximum absolute atomic E-state index is 13.2. The fraction of sp³-hybridized carbons (Fsp3) is 0.133. The van der Waals surface area contributed by atoms with Gasteiger partial charge in [0.15, 0.2) is 6.61 Å². The number of carbonyl (C=O) groups is 1. The lowest BCUT2D eigenvalue weighted by molar-refractivity contribution is -0.118. The zero-order valence-electron chi connectivity index (χ0n) is 10.8. The minimum Gasteiger partial charge on any atom is -0.482 e. The number of hydrogen-bond donors (Lipinski definition) is 2. The van der Waals surface area contributed by atoms with Crippen LogP contribution in [-0.4, -0.2) is 17.6 Å². The van der Waals surface area contributed by atoms with Crippen LogP contribution in [0.2, 0.25) is 0 Å². The van der Waals surface area contributed by atoms with Crippen LogP contribution in [0.1, 0.15) is 17.2 Å². The molecular weight excluding hydrogens is 341 g/mol. The monoisotopic (exact) mass is 351 g/mol. The van der Waals surface area contributed by atoms with E-state index in [0.717, 1.165) is 0 Å². The molecule has 1 aliphatic rings. The molecule has 1 heterocycles. The summed E-state index contributed by atoms with van der Waals surface area (Å²) < 4.78 is 18.8. The average Bonchev–Trinajstić information content (AvgIpc) is 2.48. The predicted molar refractivity (Wildman–Crippen MR) is 78.7 cm³/mol. The topological polar surface area (TPSA) is 58.6 Å². The number of benzene rings is 2. The lowest BCUT2D eigenvalue weighted by Gasteiger charge is -2.20. The van der Waals surface area contributed by atoms with Gasteiger partial charge in [0, 0.05) is 0 Å². The Morgan fingerprint density at radius 2 is 1.95 bits per heavy atom. The number of nitrogens with one attached hydrogen (secondary N) is 1. The van der Waals surface area contributed by atoms with Gasteiger partial charge < -0.3 is 15.2 Å². The highest BCUT2D eigenvalue weighted by Gasteiger charge is 2.19. The molecular formula is C15H11BrFNO3. The van der Waals surface area contributed by atoms with E-state index in [1.54, 1.807) is 18.2 Å². The predicted octanol–water partition coefficient (Wildman–Crippen LogP) is 3.00. The van der Waals surface area contributed by atoms with E-state index in [4.69, 9.17) is 4.74 Å². The zero-order chi connectivity index (χ0) is 15.0. The number of carbonyl (C=O) groups excluding carboxylic acids is 1. The number of anilines is 1. The van der Waals surface area contributed by atoms with E-state index in [9.17, 15) is 14.3 Å². The smallest absolute Gasteiger partial charge is 0.262 e. The van der Waals surface area contributed by atoms with Gasteiger partial charge in [0.2, 0.25) is 0 Å². The number of ether oxygens (including phenoxy) is 1. The summed E-state index contributed by atoms with van der Waals surface area (Å²) in [5, 5.41) is 13.1. The molecule has 2 aromatic carbocycles. The van der Waals surface area contributed by atoms with E-state index in [1.165, 1.54) is 18.2 Å². The number of rotatable bonds is 2. The van der Waals surface area contributed by atoms with Crippen molar-refractivity contribution in [3.8, 4) is 5.75 Å². The molecule has 3 rings (SSSR count). The van der Waals surface area contributed by atoms with E-state index in [2.05, 4.69) is 21.2 Å². The molecule has 0 spiro atoms. The molecule has 0 saturated carbocycles. The maximum Gasteiger partial charge on any atom is 0.262 e. The summed E-state index contributed by atoms with van der Waals surface area (Å²) in [5.74, 6) is -0.0680. The number of hydrogen-bond acceptors (Lipinski definition) is 3. The van der Waals surface area contributed by atoms with Crippen molar-refractivity contribution in [2.45, 2.75) is 6.10 Å². The van der Waals surface area contributed by atoms with Gasteiger partial charge in [-0.15, -0.1) is 0 Å². The summed E-state index contributed by atoms with van der Waals surface area (Å²) in [7, 11) is 0. The van der Waals surface area contributed by atoms with Crippen LogP contribution in [-0.2, 0) is 4.79 Å². The number of aliphatic hydroxyl groups is 1. The Hall–Kier alpha value is -1.92. The Kier molecular flexibility index (Phi) is 3.65. The van der Waals surface area contributed by atoms with Gasteiger partial charge in [-0.1, -0.05) is 12.1 Å². The molecule has 0 saturated heterocycles. The van der Waals surface area contributed by atoms with Gasteiger partial charge in [0.05, 0.1) is 10.2 Å². The Labute approximate surface area is 128 Å². The van der Waals surface area contributed by atoms with Crippen LogP contribution in [0, 0.1) is 5.82 Å². The first-order valence-corrected chi connectivity index (χ1v) is 7.03. The van der Waals surface area contributed by atoms with Gasteiger partial charge in [-0.2, -0.15) is 0 Å². The minimum absolute atomic E-state index is 0.0141. The molecule has 0 bridgehead atoms. The first-order chi connectivity index (χ1) is 10.0. The Balaban J connectivity index is 1.94. The number of aliphatic hydroxyl groups excluding tert-OH is 1.